The molecule has 1 aromatic heterocycles. The van der Waals surface area contributed by atoms with E-state index in [1.165, 1.54) is 18.2 Å². The first-order chi connectivity index (χ1) is 17.5. The predicted octanol–water partition coefficient (Wildman–Crippen LogP) is 6.24. The average molecular weight is 527 g/mol. The van der Waals surface area contributed by atoms with Crippen LogP contribution in [0, 0.1) is 11.6 Å². The number of nitrogens with zero attached hydrogens (tertiary/aromatic N) is 3. The molecule has 2 heterocycles. The zero-order valence-electron chi connectivity index (χ0n) is 21.0. The Labute approximate surface area is 219 Å². The summed E-state index contributed by atoms with van der Waals surface area (Å²) in [7, 11) is 0. The fraction of sp³-hybridized carbons (Fsp3) is 0.321. The van der Waals surface area contributed by atoms with E-state index in [0.29, 0.717) is 35.4 Å². The van der Waals surface area contributed by atoms with E-state index in [2.05, 4.69) is 10.4 Å². The number of carbonyl (C=O) groups is 2. The first-order valence-electron chi connectivity index (χ1n) is 12.1. The third kappa shape index (κ3) is 6.25. The summed E-state index contributed by atoms with van der Waals surface area (Å²) in [5.41, 5.74) is 1.97. The minimum atomic E-state index is -0.732. The molecule has 0 atom stereocenters. The molecule has 37 heavy (non-hydrogen) atoms. The van der Waals surface area contributed by atoms with Crippen LogP contribution in [-0.2, 0) is 10.3 Å². The Kier molecular flexibility index (Phi) is 7.78. The van der Waals surface area contributed by atoms with Gasteiger partial charge >= 0.3 is 0 Å². The van der Waals surface area contributed by atoms with Crippen LogP contribution in [0.4, 0.5) is 14.5 Å². The lowest BCUT2D eigenvalue weighted by atomic mass is 9.89. The number of anilines is 1. The number of nitrogens with one attached hydrogen (secondary N) is 1. The van der Waals surface area contributed by atoms with Crippen molar-refractivity contribution < 1.29 is 18.4 Å². The fourth-order valence-corrected chi connectivity index (χ4v) is 4.78. The van der Waals surface area contributed by atoms with Crippen LogP contribution in [0.5, 0.6) is 0 Å². The highest BCUT2D eigenvalue weighted by Gasteiger charge is 2.29. The van der Waals surface area contributed by atoms with Crippen molar-refractivity contribution >= 4 is 35.2 Å². The summed E-state index contributed by atoms with van der Waals surface area (Å²) in [5.74, 6) is -1.64. The van der Waals surface area contributed by atoms with Gasteiger partial charge in [0.1, 0.15) is 16.8 Å². The van der Waals surface area contributed by atoms with Crippen molar-refractivity contribution in [2.75, 3.05) is 18.4 Å². The summed E-state index contributed by atoms with van der Waals surface area (Å²) in [4.78, 5) is 27.1. The lowest BCUT2D eigenvalue weighted by molar-refractivity contribution is -0.111. The molecule has 1 fully saturated rings. The summed E-state index contributed by atoms with van der Waals surface area (Å²) < 4.78 is 28.4. The maximum Gasteiger partial charge on any atom is 0.258 e. The smallest absolute Gasteiger partial charge is 0.258 e. The van der Waals surface area contributed by atoms with Gasteiger partial charge in [0.25, 0.3) is 5.91 Å². The van der Waals surface area contributed by atoms with Crippen molar-refractivity contribution in [1.82, 2.24) is 14.7 Å². The van der Waals surface area contributed by atoms with E-state index >= 15 is 0 Å². The van der Waals surface area contributed by atoms with Crippen LogP contribution in [0.3, 0.4) is 0 Å². The van der Waals surface area contributed by atoms with Crippen LogP contribution >= 0.6 is 11.6 Å². The molecule has 3 aromatic rings. The Hall–Kier alpha value is -3.52. The van der Waals surface area contributed by atoms with Crippen LogP contribution in [-0.4, -0.2) is 39.6 Å². The molecule has 9 heteroatoms. The highest BCUT2D eigenvalue weighted by atomic mass is 35.5. The maximum absolute atomic E-state index is 13.7. The third-order valence-electron chi connectivity index (χ3n) is 6.38. The second kappa shape index (κ2) is 10.8. The van der Waals surface area contributed by atoms with Crippen LogP contribution in [0.25, 0.3) is 6.08 Å². The van der Waals surface area contributed by atoms with E-state index in [9.17, 15) is 18.4 Å². The molecular weight excluding hydrogens is 498 g/mol. The molecule has 194 valence electrons. The molecule has 0 saturated carbocycles. The molecule has 1 saturated heterocycles. The lowest BCUT2D eigenvalue weighted by Crippen LogP contribution is -2.38. The number of piperidine rings is 1. The summed E-state index contributed by atoms with van der Waals surface area (Å²) in [6.45, 7) is 7.17. The van der Waals surface area contributed by atoms with E-state index in [0.717, 1.165) is 30.5 Å². The Balaban J connectivity index is 1.31. The van der Waals surface area contributed by atoms with E-state index < -0.39 is 17.5 Å². The lowest BCUT2D eigenvalue weighted by Gasteiger charge is -2.32. The number of hydrogen-bond donors (Lipinski definition) is 1. The number of benzene rings is 2. The van der Waals surface area contributed by atoms with Gasteiger partial charge in [-0.2, -0.15) is 5.10 Å². The van der Waals surface area contributed by atoms with Gasteiger partial charge in [0.05, 0.1) is 17.3 Å². The first kappa shape index (κ1) is 26.5. The maximum atomic E-state index is 13.7. The molecule has 0 aliphatic carbocycles. The van der Waals surface area contributed by atoms with Crippen LogP contribution < -0.4 is 5.32 Å². The summed E-state index contributed by atoms with van der Waals surface area (Å²) >= 11 is 6.45. The average Bonchev–Trinajstić information content (AvgIpc) is 3.25. The van der Waals surface area contributed by atoms with Crippen LogP contribution in [0.2, 0.25) is 5.15 Å². The predicted molar refractivity (Wildman–Crippen MR) is 141 cm³/mol. The van der Waals surface area contributed by atoms with Crippen molar-refractivity contribution in [1.29, 1.82) is 0 Å². The normalized spacial score (nSPS) is 14.8. The Morgan fingerprint density at radius 2 is 1.76 bits per heavy atom. The molecule has 1 aliphatic heterocycles. The van der Waals surface area contributed by atoms with Crippen molar-refractivity contribution in [3.8, 4) is 0 Å². The molecule has 1 N–H and O–H groups in total. The minimum Gasteiger partial charge on any atom is -0.338 e. The van der Waals surface area contributed by atoms with Gasteiger partial charge in [0, 0.05) is 36.5 Å². The Morgan fingerprint density at radius 3 is 2.35 bits per heavy atom. The number of amides is 2. The monoisotopic (exact) mass is 526 g/mol. The molecule has 2 amide bonds. The SMILES string of the molecule is CC(C)(C)n1ncc(C(=O)N2CCC(c3ccc(NC(=O)/C=C/c4ccc(F)cc4F)cc3)CC2)c1Cl. The van der Waals surface area contributed by atoms with Crippen molar-refractivity contribution in [3.63, 3.8) is 0 Å². The number of likely N-dealkylation sites (tertiary alicyclic amines) is 1. The summed E-state index contributed by atoms with van der Waals surface area (Å²) in [6.07, 6.45) is 5.67. The number of carbonyl (C=O) groups excluding carboxylic acids is 2. The van der Waals surface area contributed by atoms with Gasteiger partial charge in [0.15, 0.2) is 0 Å². The summed E-state index contributed by atoms with van der Waals surface area (Å²) in [6, 6.07) is 10.7. The zero-order chi connectivity index (χ0) is 26.7. The number of aromatic nitrogens is 2. The van der Waals surface area contributed by atoms with Crippen molar-refractivity contribution in [2.45, 2.75) is 45.1 Å². The third-order valence-corrected chi connectivity index (χ3v) is 6.75. The molecular formula is C28H29ClF2N4O2. The molecule has 4 rings (SSSR count). The first-order valence-corrected chi connectivity index (χ1v) is 12.5. The second-order valence-electron chi connectivity index (χ2n) is 10.1. The number of hydrogen-bond acceptors (Lipinski definition) is 3. The molecule has 6 nitrogen and oxygen atoms in total. The van der Waals surface area contributed by atoms with Crippen LogP contribution in [0.1, 0.15) is 61.0 Å². The van der Waals surface area contributed by atoms with Gasteiger partial charge in [-0.1, -0.05) is 23.7 Å². The molecule has 0 spiro atoms. The van der Waals surface area contributed by atoms with E-state index in [-0.39, 0.29) is 17.0 Å². The molecule has 0 unspecified atom stereocenters. The zero-order valence-corrected chi connectivity index (χ0v) is 21.7. The quantitative estimate of drug-likeness (QED) is 0.400. The van der Waals surface area contributed by atoms with E-state index in [4.69, 9.17) is 11.6 Å². The topological polar surface area (TPSA) is 67.2 Å². The molecule has 2 aromatic carbocycles. The largest absolute Gasteiger partial charge is 0.338 e. The fourth-order valence-electron chi connectivity index (χ4n) is 4.36. The number of rotatable bonds is 5. The Morgan fingerprint density at radius 1 is 1.08 bits per heavy atom. The van der Waals surface area contributed by atoms with Gasteiger partial charge < -0.3 is 10.2 Å². The van der Waals surface area contributed by atoms with Crippen molar-refractivity contribution in [2.24, 2.45) is 0 Å². The van der Waals surface area contributed by atoms with Gasteiger partial charge in [-0.3, -0.25) is 9.59 Å². The molecule has 0 radical (unpaired) electrons. The van der Waals surface area contributed by atoms with Gasteiger partial charge in [-0.25, -0.2) is 13.5 Å². The van der Waals surface area contributed by atoms with Gasteiger partial charge in [-0.05, 0) is 75.4 Å². The van der Waals surface area contributed by atoms with Crippen LogP contribution in [0.15, 0.2) is 54.7 Å². The van der Waals surface area contributed by atoms with Gasteiger partial charge in [-0.15, -0.1) is 0 Å². The highest BCUT2D eigenvalue weighted by Crippen LogP contribution is 2.31. The minimum absolute atomic E-state index is 0.106. The standard InChI is InChI=1S/C28H29ClF2N4O2/c1-28(2,3)35-26(29)23(17-32-35)27(37)34-14-12-19(13-15-34)18-5-9-22(10-6-18)33-25(36)11-7-20-4-8-21(30)16-24(20)31/h4-11,16-17,19H,12-15H2,1-3H3,(H,33,36)/b11-7+. The second-order valence-corrected chi connectivity index (χ2v) is 10.5. The van der Waals surface area contributed by atoms with Crippen molar-refractivity contribution in [3.05, 3.63) is 88.2 Å². The molecule has 1 aliphatic rings. The van der Waals surface area contributed by atoms with E-state index in [1.807, 2.05) is 49.9 Å². The Bertz CT molecular complexity index is 1320. The highest BCUT2D eigenvalue weighted by molar-refractivity contribution is 6.32. The van der Waals surface area contributed by atoms with E-state index in [1.54, 1.807) is 10.9 Å². The molecule has 0 bridgehead atoms. The number of halogens is 3. The van der Waals surface area contributed by atoms with Gasteiger partial charge in [0.2, 0.25) is 5.91 Å². The summed E-state index contributed by atoms with van der Waals surface area (Å²) in [5, 5.41) is 7.39.